The third-order valence-electron chi connectivity index (χ3n) is 6.74. The van der Waals surface area contributed by atoms with Crippen LogP contribution >= 0.6 is 0 Å². The Morgan fingerprint density at radius 2 is 1.91 bits per heavy atom. The van der Waals surface area contributed by atoms with E-state index in [1.54, 1.807) is 7.11 Å². The number of hydrogen-bond donors (Lipinski definition) is 3. The van der Waals surface area contributed by atoms with E-state index >= 15 is 0 Å². The number of fused-ring (bicyclic) bond motifs is 1. The predicted octanol–water partition coefficient (Wildman–Crippen LogP) is 4.89. The van der Waals surface area contributed by atoms with Crippen LogP contribution in [0.2, 0.25) is 0 Å². The summed E-state index contributed by atoms with van der Waals surface area (Å²) in [7, 11) is 1.72. The van der Waals surface area contributed by atoms with Gasteiger partial charge in [-0.25, -0.2) is 14.8 Å². The summed E-state index contributed by atoms with van der Waals surface area (Å²) in [6.07, 6.45) is 6.55. The van der Waals surface area contributed by atoms with Gasteiger partial charge in [0.05, 0.1) is 18.7 Å². The molecule has 2 aliphatic rings. The van der Waals surface area contributed by atoms with Crippen LogP contribution in [0.15, 0.2) is 42.6 Å². The Hall–Kier alpha value is -3.55. The molecule has 3 N–H and O–H groups in total. The molecular weight excluding hydrogens is 418 g/mol. The maximum atomic E-state index is 10.9. The molecule has 1 amide bonds. The molecule has 8 nitrogen and oxygen atoms in total. The summed E-state index contributed by atoms with van der Waals surface area (Å²) in [5, 5.41) is 15.9. The lowest BCUT2D eigenvalue weighted by molar-refractivity contribution is 0.191. The van der Waals surface area contributed by atoms with Crippen molar-refractivity contribution in [1.82, 2.24) is 15.3 Å². The number of aromatic nitrogens is 2. The van der Waals surface area contributed by atoms with Crippen LogP contribution in [0.3, 0.4) is 0 Å². The molecule has 172 valence electrons. The molecule has 2 heterocycles. The van der Waals surface area contributed by atoms with Crippen LogP contribution in [0.5, 0.6) is 5.75 Å². The number of benzene rings is 2. The van der Waals surface area contributed by atoms with Crippen LogP contribution in [0.1, 0.15) is 43.6 Å². The van der Waals surface area contributed by atoms with Crippen LogP contribution in [-0.2, 0) is 0 Å². The first-order chi connectivity index (χ1) is 16.1. The maximum Gasteiger partial charge on any atom is 0.404 e. The Bertz CT molecular complexity index is 1140. The quantitative estimate of drug-likeness (QED) is 0.495. The van der Waals surface area contributed by atoms with Gasteiger partial charge in [-0.3, -0.25) is 0 Å². The summed E-state index contributed by atoms with van der Waals surface area (Å²) in [4.78, 5) is 22.5. The van der Waals surface area contributed by atoms with Gasteiger partial charge < -0.3 is 25.4 Å². The zero-order valence-corrected chi connectivity index (χ0v) is 18.8. The minimum Gasteiger partial charge on any atom is -0.496 e. The Labute approximate surface area is 193 Å². The standard InChI is InChI=1S/C25H29N5O3/c1-33-21-11-6-17-14-26-24(29-23(17)22(21)16-4-2-3-5-16)27-18-7-9-20(10-8-18)30-13-12-19(15-30)28-25(31)32/h6-11,14,16,19,28H,2-5,12-13,15H2,1H3,(H,31,32)(H,26,27,29). The van der Waals surface area contributed by atoms with E-state index in [1.165, 1.54) is 31.2 Å². The molecule has 1 saturated carbocycles. The summed E-state index contributed by atoms with van der Waals surface area (Å²) in [6, 6.07) is 12.1. The second-order valence-electron chi connectivity index (χ2n) is 8.85. The fraction of sp³-hybridized carbons (Fsp3) is 0.400. The summed E-state index contributed by atoms with van der Waals surface area (Å²) in [5.74, 6) is 1.95. The van der Waals surface area contributed by atoms with Crippen molar-refractivity contribution in [2.24, 2.45) is 0 Å². The first-order valence-corrected chi connectivity index (χ1v) is 11.6. The number of nitrogens with zero attached hydrogens (tertiary/aromatic N) is 3. The van der Waals surface area contributed by atoms with Crippen LogP contribution in [0.4, 0.5) is 22.1 Å². The number of rotatable bonds is 6. The molecule has 1 saturated heterocycles. The number of methoxy groups -OCH3 is 1. The lowest BCUT2D eigenvalue weighted by Crippen LogP contribution is -2.35. The minimum absolute atomic E-state index is 0.0302. The average Bonchev–Trinajstić information content (AvgIpc) is 3.51. The first kappa shape index (κ1) is 21.3. The van der Waals surface area contributed by atoms with Crippen molar-refractivity contribution < 1.29 is 14.6 Å². The Morgan fingerprint density at radius 1 is 1.12 bits per heavy atom. The highest BCUT2D eigenvalue weighted by Crippen LogP contribution is 2.42. The number of nitrogens with one attached hydrogen (secondary N) is 2. The smallest absolute Gasteiger partial charge is 0.404 e. The van der Waals surface area contributed by atoms with Gasteiger partial charge in [-0.15, -0.1) is 0 Å². The van der Waals surface area contributed by atoms with Gasteiger partial charge in [0.25, 0.3) is 0 Å². The molecule has 1 aliphatic heterocycles. The third kappa shape index (κ3) is 4.51. The van der Waals surface area contributed by atoms with Crippen molar-refractivity contribution in [3.63, 3.8) is 0 Å². The van der Waals surface area contributed by atoms with E-state index < -0.39 is 6.09 Å². The van der Waals surface area contributed by atoms with Gasteiger partial charge in [-0.2, -0.15) is 0 Å². The number of anilines is 3. The summed E-state index contributed by atoms with van der Waals surface area (Å²) < 4.78 is 5.69. The van der Waals surface area contributed by atoms with Gasteiger partial charge in [-0.1, -0.05) is 12.8 Å². The van der Waals surface area contributed by atoms with Crippen molar-refractivity contribution in [2.75, 3.05) is 30.4 Å². The van der Waals surface area contributed by atoms with Gasteiger partial charge in [0.2, 0.25) is 5.95 Å². The van der Waals surface area contributed by atoms with Crippen molar-refractivity contribution in [3.8, 4) is 5.75 Å². The lowest BCUT2D eigenvalue weighted by Gasteiger charge is -2.19. The lowest BCUT2D eigenvalue weighted by atomic mass is 9.94. The SMILES string of the molecule is COc1ccc2cnc(Nc3ccc(N4CCC(NC(=O)O)C4)cc3)nc2c1C1CCCC1. The molecule has 1 unspecified atom stereocenters. The number of hydrogen-bond acceptors (Lipinski definition) is 6. The average molecular weight is 448 g/mol. The van der Waals surface area contributed by atoms with Crippen LogP contribution in [0, 0.1) is 0 Å². The molecule has 3 aromatic rings. The largest absolute Gasteiger partial charge is 0.496 e. The highest BCUT2D eigenvalue weighted by molar-refractivity contribution is 5.85. The second kappa shape index (κ2) is 9.13. The highest BCUT2D eigenvalue weighted by atomic mass is 16.5. The summed E-state index contributed by atoms with van der Waals surface area (Å²) >= 11 is 0. The molecular formula is C25H29N5O3. The normalized spacial score (nSPS) is 18.6. The van der Waals surface area contributed by atoms with E-state index in [-0.39, 0.29) is 6.04 Å². The molecule has 2 fully saturated rings. The molecule has 1 atom stereocenters. The Kier molecular flexibility index (Phi) is 5.90. The van der Waals surface area contributed by atoms with Crippen molar-refractivity contribution in [2.45, 2.75) is 44.1 Å². The molecule has 0 spiro atoms. The topological polar surface area (TPSA) is 99.6 Å². The zero-order chi connectivity index (χ0) is 22.8. The van der Waals surface area contributed by atoms with Gasteiger partial charge in [-0.05, 0) is 61.6 Å². The second-order valence-corrected chi connectivity index (χ2v) is 8.85. The molecule has 1 aromatic heterocycles. The Morgan fingerprint density at radius 3 is 2.64 bits per heavy atom. The molecule has 0 bridgehead atoms. The summed E-state index contributed by atoms with van der Waals surface area (Å²) in [5.41, 5.74) is 4.14. The van der Waals surface area contributed by atoms with Gasteiger partial charge >= 0.3 is 6.09 Å². The van der Waals surface area contributed by atoms with Crippen molar-refractivity contribution in [3.05, 3.63) is 48.2 Å². The summed E-state index contributed by atoms with van der Waals surface area (Å²) in [6.45, 7) is 1.51. The fourth-order valence-corrected chi connectivity index (χ4v) is 5.12. The minimum atomic E-state index is -0.967. The van der Waals surface area contributed by atoms with E-state index in [1.807, 2.05) is 42.6 Å². The van der Waals surface area contributed by atoms with E-state index in [0.29, 0.717) is 18.4 Å². The van der Waals surface area contributed by atoms with Crippen molar-refractivity contribution in [1.29, 1.82) is 0 Å². The Balaban J connectivity index is 1.35. The van der Waals surface area contributed by atoms with E-state index in [2.05, 4.69) is 20.5 Å². The first-order valence-electron chi connectivity index (χ1n) is 11.6. The van der Waals surface area contributed by atoms with Gasteiger partial charge in [0, 0.05) is 41.6 Å². The molecule has 33 heavy (non-hydrogen) atoms. The van der Waals surface area contributed by atoms with E-state index in [9.17, 15) is 4.79 Å². The molecule has 1 aliphatic carbocycles. The number of carbonyl (C=O) groups is 1. The molecule has 8 heteroatoms. The van der Waals surface area contributed by atoms with E-state index in [4.69, 9.17) is 14.8 Å². The van der Waals surface area contributed by atoms with E-state index in [0.717, 1.165) is 41.0 Å². The third-order valence-corrected chi connectivity index (χ3v) is 6.74. The maximum absolute atomic E-state index is 10.9. The molecule has 5 rings (SSSR count). The van der Waals surface area contributed by atoms with Gasteiger partial charge in [0.1, 0.15) is 5.75 Å². The number of ether oxygens (including phenoxy) is 1. The monoisotopic (exact) mass is 447 g/mol. The van der Waals surface area contributed by atoms with Gasteiger partial charge in [0.15, 0.2) is 0 Å². The van der Waals surface area contributed by atoms with Crippen LogP contribution in [-0.4, -0.2) is 47.4 Å². The van der Waals surface area contributed by atoms with Crippen LogP contribution in [0.25, 0.3) is 10.9 Å². The fourth-order valence-electron chi connectivity index (χ4n) is 5.12. The van der Waals surface area contributed by atoms with Crippen molar-refractivity contribution >= 4 is 34.3 Å². The predicted molar refractivity (Wildman–Crippen MR) is 129 cm³/mol. The highest BCUT2D eigenvalue weighted by Gasteiger charge is 2.25. The number of amides is 1. The molecule has 2 aromatic carbocycles. The van der Waals surface area contributed by atoms with Crippen LogP contribution < -0.4 is 20.3 Å². The molecule has 0 radical (unpaired) electrons. The number of carboxylic acid groups (broad SMARTS) is 1. The zero-order valence-electron chi connectivity index (χ0n) is 18.8.